The van der Waals surface area contributed by atoms with E-state index in [-0.39, 0.29) is 6.04 Å². The first kappa shape index (κ1) is 18.7. The Morgan fingerprint density at radius 2 is 2.00 bits per heavy atom. The van der Waals surface area contributed by atoms with Gasteiger partial charge in [0.2, 0.25) is 0 Å². The van der Waals surface area contributed by atoms with Crippen LogP contribution >= 0.6 is 27.5 Å². The smallest absolute Gasteiger partial charge is 0.324 e. The van der Waals surface area contributed by atoms with Crippen LogP contribution in [0.5, 0.6) is 0 Å². The zero-order chi connectivity index (χ0) is 16.0. The lowest BCUT2D eigenvalue weighted by atomic mass is 10.0. The summed E-state index contributed by atoms with van der Waals surface area (Å²) in [5.74, 6) is 0. The van der Waals surface area contributed by atoms with Gasteiger partial charge in [0.05, 0.1) is 6.54 Å². The fraction of sp³-hybridized carbons (Fsp3) is 0.571. The lowest BCUT2D eigenvalue weighted by molar-refractivity contribution is -0.146. The summed E-state index contributed by atoms with van der Waals surface area (Å²) in [4.78, 5) is 1.38. The summed E-state index contributed by atoms with van der Waals surface area (Å²) < 4.78 is 38.3. The monoisotopic (exact) mass is 386 g/mol. The normalized spacial score (nSPS) is 13.7. The fourth-order valence-corrected chi connectivity index (χ4v) is 2.93. The van der Waals surface area contributed by atoms with E-state index in [0.717, 1.165) is 10.0 Å². The predicted octanol–water partition coefficient (Wildman–Crippen LogP) is 4.77. The average molecular weight is 388 g/mol. The number of hydrogen-bond acceptors (Lipinski definition) is 2. The Hall–Kier alpha value is -0.300. The molecule has 7 heteroatoms. The molecule has 2 nitrogen and oxygen atoms in total. The van der Waals surface area contributed by atoms with Crippen LogP contribution < -0.4 is 5.73 Å². The Kier molecular flexibility index (Phi) is 7.47. The van der Waals surface area contributed by atoms with Crippen LogP contribution in [0, 0.1) is 0 Å². The Morgan fingerprint density at radius 1 is 1.33 bits per heavy atom. The number of rotatable bonds is 7. The largest absolute Gasteiger partial charge is 0.401 e. The molecular formula is C14H19BrClF3N2. The second-order valence-corrected chi connectivity index (χ2v) is 6.28. The summed E-state index contributed by atoms with van der Waals surface area (Å²) in [5, 5.41) is 0.523. The molecule has 1 rings (SSSR count). The topological polar surface area (TPSA) is 29.3 Å². The number of nitrogens with two attached hydrogens (primary N) is 1. The first-order valence-corrected chi connectivity index (χ1v) is 7.89. The molecule has 1 aromatic carbocycles. The van der Waals surface area contributed by atoms with Crippen LogP contribution in [-0.2, 0) is 0 Å². The maximum Gasteiger partial charge on any atom is 0.401 e. The minimum absolute atomic E-state index is 0.293. The molecule has 0 fully saturated rings. The molecule has 0 aromatic heterocycles. The van der Waals surface area contributed by atoms with Gasteiger partial charge in [-0.15, -0.1) is 0 Å². The molecule has 0 saturated carbocycles. The number of hydrogen-bond donors (Lipinski definition) is 1. The number of nitrogens with zero attached hydrogens (tertiary/aromatic N) is 1. The van der Waals surface area contributed by atoms with E-state index in [1.54, 1.807) is 12.1 Å². The Labute approximate surface area is 136 Å². The van der Waals surface area contributed by atoms with Crippen molar-refractivity contribution in [2.24, 2.45) is 5.73 Å². The average Bonchev–Trinajstić information content (AvgIpc) is 2.34. The van der Waals surface area contributed by atoms with E-state index in [1.165, 1.54) is 4.90 Å². The lowest BCUT2D eigenvalue weighted by Crippen LogP contribution is -2.36. The van der Waals surface area contributed by atoms with Gasteiger partial charge in [0.1, 0.15) is 0 Å². The first-order valence-electron chi connectivity index (χ1n) is 6.72. The number of benzene rings is 1. The van der Waals surface area contributed by atoms with Crippen LogP contribution in [0.4, 0.5) is 13.2 Å². The molecule has 1 aromatic rings. The van der Waals surface area contributed by atoms with Crippen LogP contribution in [0.3, 0.4) is 0 Å². The molecular weight excluding hydrogens is 369 g/mol. The molecule has 1 atom stereocenters. The van der Waals surface area contributed by atoms with Gasteiger partial charge in [-0.05, 0) is 37.1 Å². The van der Waals surface area contributed by atoms with Crippen molar-refractivity contribution in [1.82, 2.24) is 4.90 Å². The summed E-state index contributed by atoms with van der Waals surface area (Å²) >= 11 is 9.41. The number of halogens is 5. The third-order valence-corrected chi connectivity index (χ3v) is 3.88. The van der Waals surface area contributed by atoms with Gasteiger partial charge in [0, 0.05) is 22.1 Å². The van der Waals surface area contributed by atoms with Crippen molar-refractivity contribution in [2.75, 3.05) is 19.6 Å². The van der Waals surface area contributed by atoms with Crippen molar-refractivity contribution in [2.45, 2.75) is 32.0 Å². The minimum atomic E-state index is -4.19. The third kappa shape index (κ3) is 7.00. The Morgan fingerprint density at radius 3 is 2.52 bits per heavy atom. The predicted molar refractivity (Wildman–Crippen MR) is 83.5 cm³/mol. The summed E-state index contributed by atoms with van der Waals surface area (Å²) in [6, 6.07) is 4.97. The fourth-order valence-electron chi connectivity index (χ4n) is 2.12. The molecule has 0 radical (unpaired) electrons. The van der Waals surface area contributed by atoms with E-state index in [9.17, 15) is 13.2 Å². The molecule has 120 valence electrons. The standard InChI is InChI=1S/C14H19BrClF3N2/c1-2-6-21(9-14(17,18)19)7-5-13(20)11-4-3-10(15)8-12(11)16/h3-4,8,13H,2,5-7,9,20H2,1H3. The van der Waals surface area contributed by atoms with Gasteiger partial charge in [-0.1, -0.05) is 40.5 Å². The first-order chi connectivity index (χ1) is 9.73. The molecule has 0 aliphatic carbocycles. The van der Waals surface area contributed by atoms with Crippen molar-refractivity contribution in [3.05, 3.63) is 33.3 Å². The van der Waals surface area contributed by atoms with Gasteiger partial charge >= 0.3 is 6.18 Å². The van der Waals surface area contributed by atoms with Gasteiger partial charge in [-0.25, -0.2) is 0 Å². The third-order valence-electron chi connectivity index (χ3n) is 3.06. The molecule has 0 aliphatic heterocycles. The zero-order valence-electron chi connectivity index (χ0n) is 11.8. The van der Waals surface area contributed by atoms with Crippen LogP contribution in [0.15, 0.2) is 22.7 Å². The molecule has 1 unspecified atom stereocenters. The molecule has 0 heterocycles. The van der Waals surface area contributed by atoms with Gasteiger partial charge in [-0.2, -0.15) is 13.2 Å². The highest BCUT2D eigenvalue weighted by atomic mass is 79.9. The van der Waals surface area contributed by atoms with E-state index < -0.39 is 12.7 Å². The summed E-state index contributed by atoms with van der Waals surface area (Å²) in [6.45, 7) is 1.65. The van der Waals surface area contributed by atoms with Gasteiger partial charge in [0.15, 0.2) is 0 Å². The molecule has 0 amide bonds. The molecule has 0 saturated heterocycles. The molecule has 0 aliphatic rings. The van der Waals surface area contributed by atoms with Crippen LogP contribution in [-0.4, -0.2) is 30.7 Å². The summed E-state index contributed by atoms with van der Waals surface area (Å²) in [6.07, 6.45) is -3.09. The number of alkyl halides is 3. The van der Waals surface area contributed by atoms with E-state index in [0.29, 0.717) is 31.0 Å². The van der Waals surface area contributed by atoms with Crippen molar-refractivity contribution in [3.63, 3.8) is 0 Å². The highest BCUT2D eigenvalue weighted by Gasteiger charge is 2.30. The van der Waals surface area contributed by atoms with Crippen molar-refractivity contribution >= 4 is 27.5 Å². The van der Waals surface area contributed by atoms with Gasteiger partial charge < -0.3 is 5.73 Å². The molecule has 0 spiro atoms. The van der Waals surface area contributed by atoms with Gasteiger partial charge in [-0.3, -0.25) is 4.90 Å². The van der Waals surface area contributed by atoms with E-state index >= 15 is 0 Å². The summed E-state index contributed by atoms with van der Waals surface area (Å²) in [5.41, 5.74) is 6.80. The van der Waals surface area contributed by atoms with E-state index in [4.69, 9.17) is 17.3 Å². The van der Waals surface area contributed by atoms with Crippen LogP contribution in [0.2, 0.25) is 5.02 Å². The molecule has 21 heavy (non-hydrogen) atoms. The maximum absolute atomic E-state index is 12.5. The van der Waals surface area contributed by atoms with Gasteiger partial charge in [0.25, 0.3) is 0 Å². The van der Waals surface area contributed by atoms with E-state index in [1.807, 2.05) is 13.0 Å². The second-order valence-electron chi connectivity index (χ2n) is 4.95. The Balaban J connectivity index is 2.62. The van der Waals surface area contributed by atoms with Crippen LogP contribution in [0.1, 0.15) is 31.4 Å². The molecule has 2 N–H and O–H groups in total. The van der Waals surface area contributed by atoms with Crippen molar-refractivity contribution < 1.29 is 13.2 Å². The second kappa shape index (κ2) is 8.36. The minimum Gasteiger partial charge on any atom is -0.324 e. The molecule has 0 bridgehead atoms. The maximum atomic E-state index is 12.5. The summed E-state index contributed by atoms with van der Waals surface area (Å²) in [7, 11) is 0. The zero-order valence-corrected chi connectivity index (χ0v) is 14.1. The SMILES string of the molecule is CCCN(CCC(N)c1ccc(Br)cc1Cl)CC(F)(F)F. The Bertz CT molecular complexity index is 454. The quantitative estimate of drug-likeness (QED) is 0.730. The van der Waals surface area contributed by atoms with Crippen molar-refractivity contribution in [3.8, 4) is 0 Å². The van der Waals surface area contributed by atoms with Crippen molar-refractivity contribution in [1.29, 1.82) is 0 Å². The highest BCUT2D eigenvalue weighted by molar-refractivity contribution is 9.10. The van der Waals surface area contributed by atoms with Crippen LogP contribution in [0.25, 0.3) is 0 Å². The lowest BCUT2D eigenvalue weighted by Gasteiger charge is -2.25. The highest BCUT2D eigenvalue weighted by Crippen LogP contribution is 2.27. The van der Waals surface area contributed by atoms with E-state index in [2.05, 4.69) is 15.9 Å².